The molecule has 4 rings (SSSR count). The number of fused-ring (bicyclic) bond motifs is 1. The van der Waals surface area contributed by atoms with Gasteiger partial charge in [-0.15, -0.1) is 0 Å². The number of benzene rings is 1. The van der Waals surface area contributed by atoms with Crippen molar-refractivity contribution in [3.8, 4) is 0 Å². The molecule has 1 atom stereocenters. The van der Waals surface area contributed by atoms with E-state index < -0.39 is 11.8 Å². The van der Waals surface area contributed by atoms with Crippen LogP contribution >= 0.6 is 15.9 Å². The molecule has 0 saturated carbocycles. The third-order valence-electron chi connectivity index (χ3n) is 5.49. The lowest BCUT2D eigenvalue weighted by Gasteiger charge is -2.28. The Kier molecular flexibility index (Phi) is 5.27. The second-order valence-corrected chi connectivity index (χ2v) is 8.90. The van der Waals surface area contributed by atoms with E-state index in [4.69, 9.17) is 14.5 Å². The van der Waals surface area contributed by atoms with Crippen LogP contribution in [-0.4, -0.2) is 40.4 Å². The van der Waals surface area contributed by atoms with Crippen LogP contribution in [-0.2, 0) is 16.0 Å². The van der Waals surface area contributed by atoms with E-state index in [-0.39, 0.29) is 28.0 Å². The number of hydrogen-bond acceptors (Lipinski definition) is 5. The molecule has 158 valence electrons. The van der Waals surface area contributed by atoms with Gasteiger partial charge in [-0.3, -0.25) is 4.79 Å². The van der Waals surface area contributed by atoms with Crippen molar-refractivity contribution in [1.29, 1.82) is 0 Å². The van der Waals surface area contributed by atoms with Crippen molar-refractivity contribution in [2.75, 3.05) is 20.3 Å². The topological polar surface area (TPSA) is 75.4 Å². The second kappa shape index (κ2) is 7.63. The van der Waals surface area contributed by atoms with Crippen molar-refractivity contribution in [3.05, 3.63) is 62.5 Å². The Bertz CT molecular complexity index is 1200. The fourth-order valence-corrected chi connectivity index (χ4v) is 4.12. The Balaban J connectivity index is 1.90. The first-order valence-corrected chi connectivity index (χ1v) is 10.2. The van der Waals surface area contributed by atoms with Gasteiger partial charge in [0, 0.05) is 17.7 Å². The minimum atomic E-state index is -0.533. The Morgan fingerprint density at radius 2 is 2.17 bits per heavy atom. The van der Waals surface area contributed by atoms with Crippen LogP contribution in [0.1, 0.15) is 36.1 Å². The molecule has 1 aliphatic rings. The monoisotopic (exact) mass is 477 g/mol. The number of carbonyl (C=O) groups is 1. The fourth-order valence-electron chi connectivity index (χ4n) is 3.82. The van der Waals surface area contributed by atoms with Crippen LogP contribution < -0.4 is 5.56 Å². The number of esters is 1. The molecule has 0 aliphatic carbocycles. The molecule has 0 radical (unpaired) electrons. The zero-order chi connectivity index (χ0) is 21.6. The summed E-state index contributed by atoms with van der Waals surface area (Å²) < 4.78 is 28.0. The zero-order valence-corrected chi connectivity index (χ0v) is 18.4. The molecule has 0 N–H and O–H groups in total. The van der Waals surface area contributed by atoms with Gasteiger partial charge in [-0.05, 0) is 34.1 Å². The number of nitrogens with zero attached hydrogens (tertiary/aromatic N) is 3. The van der Waals surface area contributed by atoms with Crippen molar-refractivity contribution in [2.24, 2.45) is 5.41 Å². The van der Waals surface area contributed by atoms with E-state index in [1.807, 2.05) is 4.57 Å². The average molecular weight is 478 g/mol. The first-order chi connectivity index (χ1) is 14.2. The summed E-state index contributed by atoms with van der Waals surface area (Å²) in [5, 5.41) is 0. The molecule has 9 heteroatoms. The van der Waals surface area contributed by atoms with Crippen LogP contribution in [0.2, 0.25) is 0 Å². The minimum absolute atomic E-state index is 0.0682. The Morgan fingerprint density at radius 3 is 2.83 bits per heavy atom. The van der Waals surface area contributed by atoms with Gasteiger partial charge in [0.05, 0.1) is 54.0 Å². The summed E-state index contributed by atoms with van der Waals surface area (Å²) in [6.45, 7) is 5.31. The van der Waals surface area contributed by atoms with Gasteiger partial charge in [-0.2, -0.15) is 0 Å². The molecule has 0 amide bonds. The predicted molar refractivity (Wildman–Crippen MR) is 112 cm³/mol. The Morgan fingerprint density at radius 1 is 1.40 bits per heavy atom. The summed E-state index contributed by atoms with van der Waals surface area (Å²) in [7, 11) is 1.33. The molecule has 7 nitrogen and oxygen atoms in total. The summed E-state index contributed by atoms with van der Waals surface area (Å²) >= 11 is 3.04. The van der Waals surface area contributed by atoms with E-state index in [9.17, 15) is 14.0 Å². The third-order valence-corrected chi connectivity index (χ3v) is 6.10. The number of ether oxygens (including phenoxy) is 2. The van der Waals surface area contributed by atoms with Crippen LogP contribution in [0.15, 0.2) is 39.7 Å². The van der Waals surface area contributed by atoms with Crippen molar-refractivity contribution in [3.63, 3.8) is 0 Å². The molecule has 3 aromatic rings. The van der Waals surface area contributed by atoms with Crippen LogP contribution in [0.3, 0.4) is 0 Å². The van der Waals surface area contributed by atoms with Crippen LogP contribution in [0.25, 0.3) is 11.0 Å². The van der Waals surface area contributed by atoms with Crippen molar-refractivity contribution in [1.82, 2.24) is 14.1 Å². The first kappa shape index (κ1) is 20.7. The van der Waals surface area contributed by atoms with E-state index >= 15 is 0 Å². The van der Waals surface area contributed by atoms with Gasteiger partial charge in [0.2, 0.25) is 0 Å². The molecule has 0 spiro atoms. The lowest BCUT2D eigenvalue weighted by Crippen LogP contribution is -2.29. The fraction of sp³-hybridized carbons (Fsp3) is 0.381. The largest absolute Gasteiger partial charge is 0.465 e. The SMILES string of the molecule is COC(=O)c1ccc2nc(Cn3cc(F)c(Br)cc3=O)n([C@@H]3COCC3(C)C)c2c1. The molecule has 0 bridgehead atoms. The summed E-state index contributed by atoms with van der Waals surface area (Å²) in [5.74, 6) is -0.395. The number of aromatic nitrogens is 3. The van der Waals surface area contributed by atoms with Gasteiger partial charge >= 0.3 is 5.97 Å². The molecule has 2 aromatic heterocycles. The van der Waals surface area contributed by atoms with Crippen molar-refractivity contribution < 1.29 is 18.7 Å². The molecule has 30 heavy (non-hydrogen) atoms. The van der Waals surface area contributed by atoms with E-state index in [2.05, 4.69) is 29.8 Å². The van der Waals surface area contributed by atoms with Gasteiger partial charge in [-0.25, -0.2) is 14.2 Å². The average Bonchev–Trinajstić information content (AvgIpc) is 3.22. The van der Waals surface area contributed by atoms with Gasteiger partial charge < -0.3 is 18.6 Å². The van der Waals surface area contributed by atoms with E-state index in [1.165, 1.54) is 17.7 Å². The maximum absolute atomic E-state index is 14.1. The lowest BCUT2D eigenvalue weighted by atomic mass is 9.87. The third kappa shape index (κ3) is 3.56. The Hall–Kier alpha value is -2.52. The van der Waals surface area contributed by atoms with E-state index in [1.54, 1.807) is 18.2 Å². The van der Waals surface area contributed by atoms with Crippen molar-refractivity contribution >= 4 is 32.9 Å². The summed E-state index contributed by atoms with van der Waals surface area (Å²) in [6.07, 6.45) is 1.16. The summed E-state index contributed by atoms with van der Waals surface area (Å²) in [4.78, 5) is 29.2. The Labute approximate surface area is 180 Å². The number of halogens is 2. The highest BCUT2D eigenvalue weighted by Gasteiger charge is 2.39. The lowest BCUT2D eigenvalue weighted by molar-refractivity contribution is 0.0601. The molecular formula is C21H21BrFN3O4. The highest BCUT2D eigenvalue weighted by molar-refractivity contribution is 9.10. The number of pyridine rings is 1. The molecule has 1 aliphatic heterocycles. The van der Waals surface area contributed by atoms with E-state index in [0.29, 0.717) is 30.1 Å². The molecular weight excluding hydrogens is 457 g/mol. The highest BCUT2D eigenvalue weighted by Crippen LogP contribution is 2.40. The van der Waals surface area contributed by atoms with Gasteiger partial charge in [0.25, 0.3) is 5.56 Å². The number of carbonyl (C=O) groups excluding carboxylic acids is 1. The molecule has 1 aromatic carbocycles. The van der Waals surface area contributed by atoms with Gasteiger partial charge in [0.15, 0.2) is 5.82 Å². The summed E-state index contributed by atoms with van der Waals surface area (Å²) in [5.41, 5.74) is 1.27. The number of methoxy groups -OCH3 is 1. The predicted octanol–water partition coefficient (Wildman–Crippen LogP) is 3.53. The van der Waals surface area contributed by atoms with Crippen LogP contribution in [0.5, 0.6) is 0 Å². The number of imidazole rings is 1. The maximum atomic E-state index is 14.1. The van der Waals surface area contributed by atoms with Crippen molar-refractivity contribution in [2.45, 2.75) is 26.4 Å². The standard InChI is InChI=1S/C21H21BrFN3O4/c1-21(2)11-30-10-17(21)26-16-6-12(20(28)29-3)4-5-15(16)24-18(26)9-25-8-14(23)13(22)7-19(25)27/h4-8,17H,9-11H2,1-3H3/t17-/m1/s1. The normalized spacial score (nSPS) is 18.1. The van der Waals surface area contributed by atoms with Gasteiger partial charge in [0.1, 0.15) is 5.82 Å². The minimum Gasteiger partial charge on any atom is -0.465 e. The summed E-state index contributed by atoms with van der Waals surface area (Å²) in [6, 6.07) is 6.25. The number of hydrogen-bond donors (Lipinski definition) is 0. The quantitative estimate of drug-likeness (QED) is 0.537. The smallest absolute Gasteiger partial charge is 0.337 e. The van der Waals surface area contributed by atoms with Crippen LogP contribution in [0, 0.1) is 11.2 Å². The van der Waals surface area contributed by atoms with E-state index in [0.717, 1.165) is 11.7 Å². The van der Waals surface area contributed by atoms with Gasteiger partial charge in [-0.1, -0.05) is 13.8 Å². The molecule has 1 saturated heterocycles. The second-order valence-electron chi connectivity index (χ2n) is 8.05. The first-order valence-electron chi connectivity index (χ1n) is 9.43. The number of rotatable bonds is 4. The van der Waals surface area contributed by atoms with Crippen LogP contribution in [0.4, 0.5) is 4.39 Å². The molecule has 3 heterocycles. The maximum Gasteiger partial charge on any atom is 0.337 e. The molecule has 1 fully saturated rings. The highest BCUT2D eigenvalue weighted by atomic mass is 79.9. The molecule has 0 unspecified atom stereocenters. The zero-order valence-electron chi connectivity index (χ0n) is 16.8.